The first-order valence-corrected chi connectivity index (χ1v) is 7.41. The lowest BCUT2D eigenvalue weighted by atomic mass is 10.3. The molecule has 0 fully saturated rings. The van der Waals surface area contributed by atoms with E-state index < -0.39 is 27.9 Å². The van der Waals surface area contributed by atoms with Crippen LogP contribution in [0.3, 0.4) is 0 Å². The zero-order chi connectivity index (χ0) is 18.1. The van der Waals surface area contributed by atoms with Gasteiger partial charge in [-0.25, -0.2) is 9.36 Å². The van der Waals surface area contributed by atoms with Gasteiger partial charge in [0.05, 0.1) is 17.6 Å². The summed E-state index contributed by atoms with van der Waals surface area (Å²) in [4.78, 5) is 12.0. The van der Waals surface area contributed by atoms with Crippen LogP contribution in [-0.2, 0) is 0 Å². The number of hydrogen-bond donors (Lipinski definition) is 0. The van der Waals surface area contributed by atoms with Gasteiger partial charge in [0.15, 0.2) is 0 Å². The standard InChI is InChI=1S/C11H6Cl2F5N3O2S/c12-11(13,18)24-21-9(22)20(5-19-21)6-1-3-7(4-2-6)23-10(16,17)8(14)15/h1-5,8H. The fourth-order valence-electron chi connectivity index (χ4n) is 1.50. The minimum absolute atomic E-state index is 0.0863. The average Bonchev–Trinajstić information content (AvgIpc) is 2.79. The normalized spacial score (nSPS) is 12.7. The fourth-order valence-corrected chi connectivity index (χ4v) is 2.35. The molecule has 1 heterocycles. The van der Waals surface area contributed by atoms with Crippen LogP contribution in [0.25, 0.3) is 5.69 Å². The Morgan fingerprint density at radius 1 is 1.17 bits per heavy atom. The van der Waals surface area contributed by atoms with Gasteiger partial charge in [0.1, 0.15) is 12.1 Å². The van der Waals surface area contributed by atoms with Crippen molar-refractivity contribution in [3.05, 3.63) is 41.1 Å². The Hall–Kier alpha value is -1.46. The van der Waals surface area contributed by atoms with Gasteiger partial charge in [0.25, 0.3) is 0 Å². The third kappa shape index (κ3) is 4.54. The quantitative estimate of drug-likeness (QED) is 0.537. The summed E-state index contributed by atoms with van der Waals surface area (Å²) >= 11 is 10.3. The predicted octanol–water partition coefficient (Wildman–Crippen LogP) is 3.83. The second-order valence-corrected chi connectivity index (χ2v) is 6.93. The molecule has 0 amide bonds. The summed E-state index contributed by atoms with van der Waals surface area (Å²) in [5.74, 6) is -0.539. The van der Waals surface area contributed by atoms with Gasteiger partial charge in [-0.2, -0.15) is 22.0 Å². The number of rotatable bonds is 6. The molecule has 0 radical (unpaired) electrons. The minimum Gasteiger partial charge on any atom is -0.428 e. The van der Waals surface area contributed by atoms with Gasteiger partial charge >= 0.3 is 22.1 Å². The Morgan fingerprint density at radius 2 is 1.75 bits per heavy atom. The van der Waals surface area contributed by atoms with Crippen LogP contribution in [-0.4, -0.2) is 30.2 Å². The largest absolute Gasteiger partial charge is 0.461 e. The highest BCUT2D eigenvalue weighted by Gasteiger charge is 2.43. The predicted molar refractivity (Wildman–Crippen MR) is 77.9 cm³/mol. The second kappa shape index (κ2) is 6.81. The molecule has 1 aromatic carbocycles. The number of aromatic nitrogens is 3. The third-order valence-corrected chi connectivity index (χ3v) is 3.50. The van der Waals surface area contributed by atoms with Crippen LogP contribution in [0, 0.1) is 0 Å². The zero-order valence-electron chi connectivity index (χ0n) is 11.2. The minimum atomic E-state index is -4.65. The van der Waals surface area contributed by atoms with E-state index in [1.165, 1.54) is 0 Å². The molecule has 0 saturated carbocycles. The molecule has 2 aromatic rings. The van der Waals surface area contributed by atoms with E-state index >= 15 is 0 Å². The highest BCUT2D eigenvalue weighted by molar-refractivity contribution is 8.01. The number of hydrogen-bond acceptors (Lipinski definition) is 4. The van der Waals surface area contributed by atoms with Crippen LogP contribution >= 0.6 is 35.1 Å². The molecular weight excluding hydrogens is 404 g/mol. The Bertz CT molecular complexity index is 760. The average molecular weight is 410 g/mol. The van der Waals surface area contributed by atoms with Crippen molar-refractivity contribution in [2.45, 2.75) is 16.5 Å². The van der Waals surface area contributed by atoms with Crippen molar-refractivity contribution in [1.29, 1.82) is 0 Å². The lowest BCUT2D eigenvalue weighted by molar-refractivity contribution is -0.253. The number of alkyl halides is 7. The lowest BCUT2D eigenvalue weighted by Crippen LogP contribution is -2.33. The van der Waals surface area contributed by atoms with Gasteiger partial charge in [0, 0.05) is 0 Å². The fraction of sp³-hybridized carbons (Fsp3) is 0.273. The smallest absolute Gasteiger partial charge is 0.428 e. The molecule has 0 aliphatic rings. The maximum Gasteiger partial charge on any atom is 0.461 e. The van der Waals surface area contributed by atoms with Crippen molar-refractivity contribution in [3.63, 3.8) is 0 Å². The number of benzene rings is 1. The van der Waals surface area contributed by atoms with Crippen LogP contribution in [0.1, 0.15) is 0 Å². The molecule has 0 N–H and O–H groups in total. The van der Waals surface area contributed by atoms with Crippen molar-refractivity contribution in [2.24, 2.45) is 0 Å². The molecule has 0 spiro atoms. The van der Waals surface area contributed by atoms with E-state index in [9.17, 15) is 26.7 Å². The highest BCUT2D eigenvalue weighted by Crippen LogP contribution is 2.35. The Balaban J connectivity index is 2.22. The molecule has 24 heavy (non-hydrogen) atoms. The summed E-state index contributed by atoms with van der Waals surface area (Å²) in [6.07, 6.45) is -7.65. The van der Waals surface area contributed by atoms with E-state index in [1.807, 2.05) is 0 Å². The summed E-state index contributed by atoms with van der Waals surface area (Å²) in [6.45, 7) is 0. The molecule has 2 rings (SSSR count). The van der Waals surface area contributed by atoms with E-state index in [1.54, 1.807) is 0 Å². The topological polar surface area (TPSA) is 49.1 Å². The van der Waals surface area contributed by atoms with Gasteiger partial charge in [-0.15, -0.1) is 9.19 Å². The molecule has 0 unspecified atom stereocenters. The molecule has 13 heteroatoms. The van der Waals surface area contributed by atoms with E-state index in [0.717, 1.165) is 35.2 Å². The van der Waals surface area contributed by atoms with Crippen molar-refractivity contribution in [2.75, 3.05) is 0 Å². The maximum atomic E-state index is 13.1. The van der Waals surface area contributed by atoms with E-state index in [4.69, 9.17) is 23.2 Å². The summed E-state index contributed by atoms with van der Waals surface area (Å²) in [6, 6.07) is 4.17. The molecule has 0 saturated heterocycles. The van der Waals surface area contributed by atoms with E-state index in [2.05, 4.69) is 9.84 Å². The number of ether oxygens (including phenoxy) is 1. The van der Waals surface area contributed by atoms with Crippen molar-refractivity contribution >= 4 is 35.1 Å². The number of nitrogens with zero attached hydrogens (tertiary/aromatic N) is 3. The molecule has 0 aliphatic carbocycles. The SMILES string of the molecule is O=c1n(-c2ccc(OC(F)(F)C(F)F)cc2)cnn1SC(F)(Cl)Cl. The van der Waals surface area contributed by atoms with Gasteiger partial charge in [-0.05, 0) is 24.3 Å². The molecule has 0 aliphatic heterocycles. The number of halogens is 7. The Morgan fingerprint density at radius 3 is 2.25 bits per heavy atom. The molecule has 132 valence electrons. The zero-order valence-corrected chi connectivity index (χ0v) is 13.5. The second-order valence-electron chi connectivity index (χ2n) is 4.15. The molecule has 5 nitrogen and oxygen atoms in total. The first-order valence-electron chi connectivity index (χ1n) is 5.88. The summed E-state index contributed by atoms with van der Waals surface area (Å²) in [5.41, 5.74) is -0.705. The lowest BCUT2D eigenvalue weighted by Gasteiger charge is -2.16. The van der Waals surface area contributed by atoms with Gasteiger partial charge < -0.3 is 4.74 Å². The highest BCUT2D eigenvalue weighted by atomic mass is 35.5. The van der Waals surface area contributed by atoms with Crippen LogP contribution in [0.15, 0.2) is 35.4 Å². The first kappa shape index (κ1) is 18.9. The first-order chi connectivity index (χ1) is 11.0. The van der Waals surface area contributed by atoms with Crippen LogP contribution in [0.5, 0.6) is 5.75 Å². The third-order valence-electron chi connectivity index (χ3n) is 2.45. The van der Waals surface area contributed by atoms with Crippen LogP contribution in [0.2, 0.25) is 0 Å². The Labute approximate surface area is 145 Å². The summed E-state index contributed by atoms with van der Waals surface area (Å²) in [7, 11) is 0. The molecule has 0 atom stereocenters. The molecule has 0 bridgehead atoms. The van der Waals surface area contributed by atoms with E-state index in [0.29, 0.717) is 4.09 Å². The van der Waals surface area contributed by atoms with Crippen LogP contribution < -0.4 is 10.4 Å². The monoisotopic (exact) mass is 409 g/mol. The van der Waals surface area contributed by atoms with E-state index in [-0.39, 0.29) is 17.6 Å². The summed E-state index contributed by atoms with van der Waals surface area (Å²) in [5, 5.41) is 3.55. The van der Waals surface area contributed by atoms with Gasteiger partial charge in [0.2, 0.25) is 0 Å². The Kier molecular flexibility index (Phi) is 5.35. The van der Waals surface area contributed by atoms with Gasteiger partial charge in [-0.1, -0.05) is 23.2 Å². The maximum absolute atomic E-state index is 13.1. The van der Waals surface area contributed by atoms with Crippen molar-refractivity contribution in [1.82, 2.24) is 13.8 Å². The summed E-state index contributed by atoms with van der Waals surface area (Å²) < 4.78 is 65.3. The van der Waals surface area contributed by atoms with Crippen molar-refractivity contribution < 1.29 is 26.7 Å². The van der Waals surface area contributed by atoms with Crippen LogP contribution in [0.4, 0.5) is 22.0 Å². The molecular formula is C11H6Cl2F5N3O2S. The van der Waals surface area contributed by atoms with Crippen molar-refractivity contribution in [3.8, 4) is 11.4 Å². The van der Waals surface area contributed by atoms with Gasteiger partial charge in [-0.3, -0.25) is 0 Å². The molecule has 1 aromatic heterocycles.